The first-order valence-electron chi connectivity index (χ1n) is 4.66. The van der Waals surface area contributed by atoms with Crippen LogP contribution in [0.3, 0.4) is 0 Å². The highest BCUT2D eigenvalue weighted by atomic mass is 19.4. The van der Waals surface area contributed by atoms with Gasteiger partial charge < -0.3 is 10.0 Å². The third-order valence-corrected chi connectivity index (χ3v) is 2.16. The van der Waals surface area contributed by atoms with Crippen molar-refractivity contribution in [3.05, 3.63) is 23.5 Å². The highest BCUT2D eigenvalue weighted by Crippen LogP contribution is 2.27. The van der Waals surface area contributed by atoms with Crippen LogP contribution < -0.4 is 5.46 Å². The van der Waals surface area contributed by atoms with Gasteiger partial charge in [0.25, 0.3) is 0 Å². The average Bonchev–Trinajstić information content (AvgIpc) is 2.15. The molecule has 0 atom stereocenters. The van der Waals surface area contributed by atoms with Crippen molar-refractivity contribution in [2.45, 2.75) is 25.9 Å². The molecule has 88 valence electrons. The summed E-state index contributed by atoms with van der Waals surface area (Å²) < 4.78 is 37.0. The molecule has 0 aromatic carbocycles. The largest absolute Gasteiger partial charge is 0.488 e. The van der Waals surface area contributed by atoms with E-state index in [0.29, 0.717) is 11.6 Å². The van der Waals surface area contributed by atoms with Gasteiger partial charge in [-0.25, -0.2) is 0 Å². The van der Waals surface area contributed by atoms with Crippen molar-refractivity contribution in [1.29, 1.82) is 0 Å². The third-order valence-electron chi connectivity index (χ3n) is 2.16. The Morgan fingerprint density at radius 3 is 2.25 bits per heavy atom. The van der Waals surface area contributed by atoms with Crippen molar-refractivity contribution in [3.8, 4) is 0 Å². The van der Waals surface area contributed by atoms with Gasteiger partial charge in [0.15, 0.2) is 0 Å². The van der Waals surface area contributed by atoms with E-state index in [1.165, 1.54) is 0 Å². The monoisotopic (exact) mass is 233 g/mol. The topological polar surface area (TPSA) is 53.4 Å². The minimum absolute atomic E-state index is 0.133. The van der Waals surface area contributed by atoms with Crippen LogP contribution in [0, 0.1) is 0 Å². The van der Waals surface area contributed by atoms with Crippen molar-refractivity contribution in [3.63, 3.8) is 0 Å². The summed E-state index contributed by atoms with van der Waals surface area (Å²) in [6.45, 7) is 3.46. The first-order valence-corrected chi connectivity index (χ1v) is 4.66. The van der Waals surface area contributed by atoms with Crippen LogP contribution in [-0.2, 0) is 6.18 Å². The Hall–Kier alpha value is -1.08. The van der Waals surface area contributed by atoms with Crippen molar-refractivity contribution in [2.24, 2.45) is 0 Å². The molecule has 0 fully saturated rings. The maximum absolute atomic E-state index is 12.3. The first-order chi connectivity index (χ1) is 7.23. The second kappa shape index (κ2) is 4.43. The molecule has 0 unspecified atom stereocenters. The van der Waals surface area contributed by atoms with Crippen molar-refractivity contribution in [1.82, 2.24) is 4.98 Å². The van der Waals surface area contributed by atoms with E-state index in [2.05, 4.69) is 4.98 Å². The summed E-state index contributed by atoms with van der Waals surface area (Å²) in [6.07, 6.45) is -3.55. The average molecular weight is 233 g/mol. The van der Waals surface area contributed by atoms with Gasteiger partial charge in [-0.3, -0.25) is 4.98 Å². The molecule has 0 bridgehead atoms. The highest BCUT2D eigenvalue weighted by molar-refractivity contribution is 6.59. The predicted molar refractivity (Wildman–Crippen MR) is 53.2 cm³/mol. The molecule has 0 spiro atoms. The molecule has 0 aliphatic heterocycles. The van der Waals surface area contributed by atoms with Gasteiger partial charge in [-0.05, 0) is 23.0 Å². The predicted octanol–water partition coefficient (Wildman–Crippen LogP) is 0.904. The summed E-state index contributed by atoms with van der Waals surface area (Å²) in [5.41, 5.74) is -0.889. The fourth-order valence-electron chi connectivity index (χ4n) is 1.34. The van der Waals surface area contributed by atoms with Gasteiger partial charge in [0, 0.05) is 6.20 Å². The van der Waals surface area contributed by atoms with Gasteiger partial charge in [0.2, 0.25) is 0 Å². The van der Waals surface area contributed by atoms with Crippen LogP contribution >= 0.6 is 0 Å². The lowest BCUT2D eigenvalue weighted by atomic mass is 9.75. The zero-order valence-electron chi connectivity index (χ0n) is 8.78. The summed E-state index contributed by atoms with van der Waals surface area (Å²) in [6, 6.07) is 0.667. The molecular formula is C9H11BF3NO2. The Kier molecular flexibility index (Phi) is 3.59. The Bertz CT molecular complexity index is 380. The number of hydrogen-bond acceptors (Lipinski definition) is 3. The minimum Gasteiger partial charge on any atom is -0.423 e. The third kappa shape index (κ3) is 2.73. The van der Waals surface area contributed by atoms with E-state index in [4.69, 9.17) is 10.0 Å². The molecule has 0 aliphatic carbocycles. The molecule has 1 heterocycles. The molecule has 0 aliphatic rings. The fraction of sp³-hybridized carbons (Fsp3) is 0.444. The van der Waals surface area contributed by atoms with E-state index < -0.39 is 19.0 Å². The Labute approximate surface area is 91.1 Å². The normalized spacial score (nSPS) is 12.0. The zero-order valence-corrected chi connectivity index (χ0v) is 8.78. The molecule has 16 heavy (non-hydrogen) atoms. The molecule has 3 nitrogen and oxygen atoms in total. The van der Waals surface area contributed by atoms with Gasteiger partial charge in [-0.2, -0.15) is 13.2 Å². The Morgan fingerprint density at radius 2 is 1.88 bits per heavy atom. The van der Waals surface area contributed by atoms with E-state index in [1.807, 2.05) is 0 Å². The molecule has 0 saturated heterocycles. The number of aromatic nitrogens is 1. The summed E-state index contributed by atoms with van der Waals surface area (Å²) in [5.74, 6) is -0.133. The summed E-state index contributed by atoms with van der Waals surface area (Å²) in [7, 11) is -1.93. The lowest BCUT2D eigenvalue weighted by molar-refractivity contribution is -0.141. The van der Waals surface area contributed by atoms with Crippen LogP contribution in [-0.4, -0.2) is 22.2 Å². The molecule has 1 aromatic heterocycles. The van der Waals surface area contributed by atoms with E-state index in [1.54, 1.807) is 13.8 Å². The van der Waals surface area contributed by atoms with Crippen molar-refractivity contribution in [2.75, 3.05) is 0 Å². The van der Waals surface area contributed by atoms with E-state index in [0.717, 1.165) is 6.20 Å². The molecule has 1 aromatic rings. The number of alkyl halides is 3. The first kappa shape index (κ1) is 13.0. The second-order valence-electron chi connectivity index (χ2n) is 3.72. The number of halogens is 3. The SMILES string of the molecule is CC(C)c1cnc(C(F)(F)F)cc1B(O)O. The van der Waals surface area contributed by atoms with E-state index >= 15 is 0 Å². The molecular weight excluding hydrogens is 222 g/mol. The highest BCUT2D eigenvalue weighted by Gasteiger charge is 2.34. The standard InChI is InChI=1S/C9H11BF3NO2/c1-5(2)6-4-14-8(9(11,12)13)3-7(6)10(15)16/h3-5,15-16H,1-2H3. The van der Waals surface area contributed by atoms with E-state index in [9.17, 15) is 13.2 Å². The van der Waals surface area contributed by atoms with Crippen LogP contribution in [0.4, 0.5) is 13.2 Å². The number of rotatable bonds is 2. The maximum Gasteiger partial charge on any atom is 0.488 e. The van der Waals surface area contributed by atoms with Crippen LogP contribution in [0.2, 0.25) is 0 Å². The molecule has 0 amide bonds. The van der Waals surface area contributed by atoms with Crippen LogP contribution in [0.5, 0.6) is 0 Å². The van der Waals surface area contributed by atoms with Gasteiger partial charge >= 0.3 is 13.3 Å². The smallest absolute Gasteiger partial charge is 0.423 e. The van der Waals surface area contributed by atoms with Crippen LogP contribution in [0.15, 0.2) is 12.3 Å². The molecule has 2 N–H and O–H groups in total. The maximum atomic E-state index is 12.3. The van der Waals surface area contributed by atoms with Crippen molar-refractivity contribution < 1.29 is 23.2 Å². The second-order valence-corrected chi connectivity index (χ2v) is 3.72. The molecule has 1 rings (SSSR count). The lowest BCUT2D eigenvalue weighted by Gasteiger charge is -2.14. The van der Waals surface area contributed by atoms with Crippen molar-refractivity contribution >= 4 is 12.6 Å². The Balaban J connectivity index is 3.29. The fourth-order valence-corrected chi connectivity index (χ4v) is 1.34. The van der Waals surface area contributed by atoms with Gasteiger partial charge in [-0.15, -0.1) is 0 Å². The number of pyridine rings is 1. The number of hydrogen-bond donors (Lipinski definition) is 2. The van der Waals surface area contributed by atoms with Gasteiger partial charge in [0.05, 0.1) is 0 Å². The minimum atomic E-state index is -4.58. The molecule has 0 saturated carbocycles. The molecule has 7 heteroatoms. The zero-order chi connectivity index (χ0) is 12.5. The Morgan fingerprint density at radius 1 is 1.31 bits per heavy atom. The van der Waals surface area contributed by atoms with Crippen LogP contribution in [0.1, 0.15) is 31.0 Å². The molecule has 0 radical (unpaired) electrons. The lowest BCUT2D eigenvalue weighted by Crippen LogP contribution is -2.35. The summed E-state index contributed by atoms with van der Waals surface area (Å²) in [4.78, 5) is 3.27. The summed E-state index contributed by atoms with van der Waals surface area (Å²) >= 11 is 0. The van der Waals surface area contributed by atoms with E-state index in [-0.39, 0.29) is 11.4 Å². The van der Waals surface area contributed by atoms with Gasteiger partial charge in [0.1, 0.15) is 5.69 Å². The number of nitrogens with zero attached hydrogens (tertiary/aromatic N) is 1. The summed E-state index contributed by atoms with van der Waals surface area (Å²) in [5, 5.41) is 18.0. The van der Waals surface area contributed by atoms with Crippen LogP contribution in [0.25, 0.3) is 0 Å². The van der Waals surface area contributed by atoms with Gasteiger partial charge in [-0.1, -0.05) is 13.8 Å². The quantitative estimate of drug-likeness (QED) is 0.746.